The number of rotatable bonds is 1. The Morgan fingerprint density at radius 2 is 2.23 bits per heavy atom. The van der Waals surface area contributed by atoms with E-state index in [1.54, 1.807) is 0 Å². The van der Waals surface area contributed by atoms with E-state index in [9.17, 15) is 0 Å². The topological polar surface area (TPSA) is 52.0 Å². The summed E-state index contributed by atoms with van der Waals surface area (Å²) in [4.78, 5) is 0. The summed E-state index contributed by atoms with van der Waals surface area (Å²) in [5.41, 5.74) is 8.49. The van der Waals surface area contributed by atoms with E-state index in [0.717, 1.165) is 17.9 Å². The molecule has 13 heavy (non-hydrogen) atoms. The van der Waals surface area contributed by atoms with Crippen molar-refractivity contribution in [2.24, 2.45) is 11.7 Å². The van der Waals surface area contributed by atoms with E-state index in [1.165, 1.54) is 18.4 Å². The Morgan fingerprint density at radius 3 is 2.92 bits per heavy atom. The molecule has 2 atom stereocenters. The van der Waals surface area contributed by atoms with E-state index in [-0.39, 0.29) is 6.04 Å². The molecule has 0 amide bonds. The van der Waals surface area contributed by atoms with Crippen LogP contribution in [0, 0.1) is 5.92 Å². The first-order valence-electron chi connectivity index (χ1n) is 5.01. The second-order valence-corrected chi connectivity index (χ2v) is 4.39. The van der Waals surface area contributed by atoms with Gasteiger partial charge in [0.25, 0.3) is 0 Å². The van der Waals surface area contributed by atoms with Crippen LogP contribution in [0.15, 0.2) is 4.52 Å². The average molecular weight is 178 g/mol. The molecule has 1 aromatic heterocycles. The van der Waals surface area contributed by atoms with Crippen LogP contribution in [0.4, 0.5) is 0 Å². The molecule has 2 N–H and O–H groups in total. The van der Waals surface area contributed by atoms with Crippen molar-refractivity contribution in [3.05, 3.63) is 17.0 Å². The molecule has 3 heteroatoms. The molecule has 0 saturated heterocycles. The van der Waals surface area contributed by atoms with Crippen LogP contribution in [-0.2, 0) is 6.42 Å². The van der Waals surface area contributed by atoms with Crippen LogP contribution in [0.3, 0.4) is 0 Å². The third-order valence-electron chi connectivity index (χ3n) is 3.25. The quantitative estimate of drug-likeness (QED) is 0.712. The first-order valence-corrected chi connectivity index (χ1v) is 5.01. The zero-order chi connectivity index (χ0) is 9.00. The minimum absolute atomic E-state index is 0.164. The highest BCUT2D eigenvalue weighted by atomic mass is 16.5. The Balaban J connectivity index is 2.06. The molecule has 1 heterocycles. The number of nitrogens with two attached hydrogens (primary N) is 1. The first-order chi connectivity index (χ1) is 6.27. The monoisotopic (exact) mass is 178 g/mol. The number of hydrogen-bond donors (Lipinski definition) is 1. The fourth-order valence-electron chi connectivity index (χ4n) is 2.20. The summed E-state index contributed by atoms with van der Waals surface area (Å²) in [5.74, 6) is 2.22. The average Bonchev–Trinajstić information content (AvgIpc) is 2.81. The summed E-state index contributed by atoms with van der Waals surface area (Å²) in [6, 6.07) is 0.164. The Labute approximate surface area is 77.3 Å². The van der Waals surface area contributed by atoms with Gasteiger partial charge in [0, 0.05) is 23.9 Å². The highest BCUT2D eigenvalue weighted by Gasteiger charge is 2.38. The molecule has 0 aromatic carbocycles. The molecule has 1 aromatic rings. The fraction of sp³-hybridized carbons (Fsp3) is 0.700. The first kappa shape index (κ1) is 7.56. The zero-order valence-corrected chi connectivity index (χ0v) is 7.79. The maximum Gasteiger partial charge on any atom is 0.142 e. The van der Waals surface area contributed by atoms with Crippen molar-refractivity contribution in [2.45, 2.75) is 38.1 Å². The van der Waals surface area contributed by atoms with Gasteiger partial charge in [0.15, 0.2) is 0 Å². The lowest BCUT2D eigenvalue weighted by atomic mass is 10.0. The lowest BCUT2D eigenvalue weighted by Gasteiger charge is -2.09. The highest BCUT2D eigenvalue weighted by Crippen LogP contribution is 2.46. The third-order valence-corrected chi connectivity index (χ3v) is 3.25. The van der Waals surface area contributed by atoms with Gasteiger partial charge in [-0.25, -0.2) is 0 Å². The van der Waals surface area contributed by atoms with Gasteiger partial charge in [-0.2, -0.15) is 0 Å². The molecule has 2 aliphatic carbocycles. The van der Waals surface area contributed by atoms with Crippen LogP contribution in [0.5, 0.6) is 0 Å². The second kappa shape index (κ2) is 2.35. The van der Waals surface area contributed by atoms with Gasteiger partial charge in [0.05, 0.1) is 5.69 Å². The largest absolute Gasteiger partial charge is 0.361 e. The van der Waals surface area contributed by atoms with Gasteiger partial charge in [0.1, 0.15) is 5.76 Å². The molecule has 1 fully saturated rings. The van der Waals surface area contributed by atoms with Crippen LogP contribution in [0.2, 0.25) is 0 Å². The van der Waals surface area contributed by atoms with Crippen LogP contribution in [0.25, 0.3) is 0 Å². The summed E-state index contributed by atoms with van der Waals surface area (Å²) in [5, 5.41) is 4.13. The van der Waals surface area contributed by atoms with Crippen molar-refractivity contribution in [3.63, 3.8) is 0 Å². The number of aromatic nitrogens is 1. The summed E-state index contributed by atoms with van der Waals surface area (Å²) >= 11 is 0. The van der Waals surface area contributed by atoms with Crippen molar-refractivity contribution in [3.8, 4) is 0 Å². The molecule has 0 radical (unpaired) electrons. The Hall–Kier alpha value is -0.830. The molecule has 3 rings (SSSR count). The molecule has 0 aliphatic heterocycles. The van der Waals surface area contributed by atoms with Crippen LogP contribution in [-0.4, -0.2) is 5.16 Å². The molecular formula is C10H14N2O. The Morgan fingerprint density at radius 1 is 1.46 bits per heavy atom. The van der Waals surface area contributed by atoms with Crippen LogP contribution >= 0.6 is 0 Å². The molecular weight excluding hydrogens is 164 g/mol. The lowest BCUT2D eigenvalue weighted by Crippen LogP contribution is -2.15. The van der Waals surface area contributed by atoms with Crippen molar-refractivity contribution in [2.75, 3.05) is 0 Å². The van der Waals surface area contributed by atoms with Gasteiger partial charge < -0.3 is 10.3 Å². The number of fused-ring (bicyclic) bond motifs is 1. The van der Waals surface area contributed by atoms with E-state index < -0.39 is 0 Å². The van der Waals surface area contributed by atoms with Crippen molar-refractivity contribution in [1.29, 1.82) is 0 Å². The second-order valence-electron chi connectivity index (χ2n) is 4.39. The molecule has 3 nitrogen and oxygen atoms in total. The predicted molar refractivity (Wildman–Crippen MR) is 48.3 cm³/mol. The maximum absolute atomic E-state index is 6.10. The zero-order valence-electron chi connectivity index (χ0n) is 7.79. The van der Waals surface area contributed by atoms with Crippen molar-refractivity contribution >= 4 is 0 Å². The standard InChI is InChI=1S/C10H14N2O/c1-5-4-7-8(9(5)11)10(12-13-7)6-2-3-6/h5-6,9H,2-4,11H2,1H3. The van der Waals surface area contributed by atoms with Gasteiger partial charge in [-0.15, -0.1) is 0 Å². The molecule has 1 saturated carbocycles. The minimum Gasteiger partial charge on any atom is -0.361 e. The molecule has 2 aliphatic rings. The fourth-order valence-corrected chi connectivity index (χ4v) is 2.20. The van der Waals surface area contributed by atoms with E-state index >= 15 is 0 Å². The third kappa shape index (κ3) is 0.967. The maximum atomic E-state index is 6.10. The Kier molecular flexibility index (Phi) is 1.37. The summed E-state index contributed by atoms with van der Waals surface area (Å²) in [6.07, 6.45) is 3.50. The number of nitrogens with zero attached hydrogens (tertiary/aromatic N) is 1. The Bertz CT molecular complexity index is 341. The summed E-state index contributed by atoms with van der Waals surface area (Å²) < 4.78 is 5.32. The van der Waals surface area contributed by atoms with Gasteiger partial charge in [0.2, 0.25) is 0 Å². The van der Waals surface area contributed by atoms with E-state index in [2.05, 4.69) is 12.1 Å². The highest BCUT2D eigenvalue weighted by molar-refractivity contribution is 5.36. The SMILES string of the molecule is CC1Cc2onc(C3CC3)c2C1N. The molecule has 70 valence electrons. The van der Waals surface area contributed by atoms with Gasteiger partial charge in [-0.3, -0.25) is 0 Å². The van der Waals surface area contributed by atoms with Crippen LogP contribution < -0.4 is 5.73 Å². The van der Waals surface area contributed by atoms with Crippen molar-refractivity contribution < 1.29 is 4.52 Å². The lowest BCUT2D eigenvalue weighted by molar-refractivity contribution is 0.363. The summed E-state index contributed by atoms with van der Waals surface area (Å²) in [6.45, 7) is 2.18. The van der Waals surface area contributed by atoms with Gasteiger partial charge in [-0.05, 0) is 18.8 Å². The molecule has 0 bridgehead atoms. The molecule has 0 spiro atoms. The van der Waals surface area contributed by atoms with Gasteiger partial charge >= 0.3 is 0 Å². The molecule has 2 unspecified atom stereocenters. The van der Waals surface area contributed by atoms with E-state index in [4.69, 9.17) is 10.3 Å². The van der Waals surface area contributed by atoms with E-state index in [1.807, 2.05) is 0 Å². The van der Waals surface area contributed by atoms with Crippen LogP contribution in [0.1, 0.15) is 48.7 Å². The van der Waals surface area contributed by atoms with Gasteiger partial charge in [-0.1, -0.05) is 12.1 Å². The van der Waals surface area contributed by atoms with Crippen molar-refractivity contribution in [1.82, 2.24) is 5.16 Å². The normalized spacial score (nSPS) is 32.2. The van der Waals surface area contributed by atoms with E-state index in [0.29, 0.717) is 11.8 Å². The smallest absolute Gasteiger partial charge is 0.142 e. The minimum atomic E-state index is 0.164. The predicted octanol–water partition coefficient (Wildman–Crippen LogP) is 1.74. The number of hydrogen-bond acceptors (Lipinski definition) is 3. The summed E-state index contributed by atoms with van der Waals surface area (Å²) in [7, 11) is 0.